The number of nitrogens with one attached hydrogen (secondary N) is 1. The molecule has 2 aromatic carbocycles. The Balaban J connectivity index is 1.37. The molecule has 14 heteroatoms. The van der Waals surface area contributed by atoms with Gasteiger partial charge in [-0.05, 0) is 60.9 Å². The van der Waals surface area contributed by atoms with Gasteiger partial charge < -0.3 is 25.1 Å². The molecule has 5 rings (SSSR count). The van der Waals surface area contributed by atoms with Crippen LogP contribution in [-0.2, 0) is 39.0 Å². The van der Waals surface area contributed by atoms with E-state index in [0.717, 1.165) is 21.8 Å². The zero-order valence-electron chi connectivity index (χ0n) is 30.3. The van der Waals surface area contributed by atoms with Crippen molar-refractivity contribution in [1.29, 1.82) is 0 Å². The highest BCUT2D eigenvalue weighted by atomic mass is 32.2. The van der Waals surface area contributed by atoms with Gasteiger partial charge in [0.25, 0.3) is 0 Å². The van der Waals surface area contributed by atoms with Gasteiger partial charge in [0.1, 0.15) is 6.04 Å². The first-order valence-electron chi connectivity index (χ1n) is 17.6. The van der Waals surface area contributed by atoms with E-state index in [2.05, 4.69) is 10.3 Å². The molecule has 276 valence electrons. The van der Waals surface area contributed by atoms with Crippen LogP contribution in [0.1, 0.15) is 56.4 Å². The van der Waals surface area contributed by atoms with Gasteiger partial charge in [-0.15, -0.1) is 11.3 Å². The Morgan fingerprint density at radius 2 is 1.76 bits per heavy atom. The highest BCUT2D eigenvalue weighted by molar-refractivity contribution is 7.89. The number of carbonyl (C=O) groups excluding carboxylic acids is 3. The second kappa shape index (κ2) is 16.2. The number of hydrogen-bond donors (Lipinski definition) is 2. The Hall–Kier alpha value is -3.85. The number of hydrogen-bond acceptors (Lipinski definition) is 8. The van der Waals surface area contributed by atoms with Crippen molar-refractivity contribution < 1.29 is 27.9 Å². The van der Waals surface area contributed by atoms with E-state index in [-0.39, 0.29) is 48.2 Å². The molecular weight excluding hydrogens is 689 g/mol. The number of benzene rings is 2. The van der Waals surface area contributed by atoms with E-state index in [4.69, 9.17) is 0 Å². The van der Waals surface area contributed by atoms with Crippen molar-refractivity contribution in [2.75, 3.05) is 37.6 Å². The molecule has 3 heterocycles. The summed E-state index contributed by atoms with van der Waals surface area (Å²) in [6.07, 6.45) is -0.483. The number of aliphatic hydroxyl groups is 1. The summed E-state index contributed by atoms with van der Waals surface area (Å²) in [6, 6.07) is 12.3. The van der Waals surface area contributed by atoms with Crippen molar-refractivity contribution in [3.8, 4) is 0 Å². The maximum Gasteiger partial charge on any atom is 0.321 e. The number of carbonyl (C=O) groups is 3. The number of amides is 4. The van der Waals surface area contributed by atoms with Crippen molar-refractivity contribution in [3.63, 3.8) is 0 Å². The van der Waals surface area contributed by atoms with Gasteiger partial charge in [0, 0.05) is 50.7 Å². The average Bonchev–Trinajstić information content (AvgIpc) is 3.79. The topological polar surface area (TPSA) is 143 Å². The van der Waals surface area contributed by atoms with Crippen LogP contribution < -0.4 is 10.2 Å². The number of aryl methyl sites for hydroxylation is 1. The quantitative estimate of drug-likeness (QED) is 0.240. The lowest BCUT2D eigenvalue weighted by molar-refractivity contribution is -0.128. The number of rotatable bonds is 15. The molecule has 0 spiro atoms. The third-order valence-electron chi connectivity index (χ3n) is 9.40. The molecule has 4 amide bonds. The highest BCUT2D eigenvalue weighted by Gasteiger charge is 2.41. The summed E-state index contributed by atoms with van der Waals surface area (Å²) in [5, 5.41) is 17.7. The molecule has 12 nitrogen and oxygen atoms in total. The van der Waals surface area contributed by atoms with Crippen LogP contribution in [0.25, 0.3) is 0 Å². The fourth-order valence-corrected chi connectivity index (χ4v) is 9.21. The number of fused-ring (bicyclic) bond motifs is 1. The Morgan fingerprint density at radius 3 is 2.39 bits per heavy atom. The fourth-order valence-electron chi connectivity index (χ4n) is 6.93. The van der Waals surface area contributed by atoms with Crippen LogP contribution >= 0.6 is 11.3 Å². The van der Waals surface area contributed by atoms with Crippen molar-refractivity contribution in [2.24, 2.45) is 11.8 Å². The number of aliphatic hydroxyl groups excluding tert-OH is 1. The summed E-state index contributed by atoms with van der Waals surface area (Å²) in [7, 11) is -4.07. The van der Waals surface area contributed by atoms with Crippen LogP contribution in [-0.4, -0.2) is 101 Å². The highest BCUT2D eigenvalue weighted by Crippen LogP contribution is 2.32. The van der Waals surface area contributed by atoms with Crippen molar-refractivity contribution >= 4 is 44.9 Å². The third kappa shape index (κ3) is 8.97. The van der Waals surface area contributed by atoms with Crippen LogP contribution in [0, 0.1) is 18.8 Å². The number of aromatic nitrogens is 1. The van der Waals surface area contributed by atoms with Gasteiger partial charge in [-0.1, -0.05) is 58.0 Å². The van der Waals surface area contributed by atoms with Gasteiger partial charge in [0.2, 0.25) is 21.8 Å². The lowest BCUT2D eigenvalue weighted by Gasteiger charge is -2.34. The fraction of sp³-hybridized carbons (Fsp3) is 0.514. The van der Waals surface area contributed by atoms with Crippen molar-refractivity contribution in [2.45, 2.75) is 84.0 Å². The minimum atomic E-state index is -4.07. The molecule has 0 radical (unpaired) electrons. The summed E-state index contributed by atoms with van der Waals surface area (Å²) in [5.74, 6) is -0.797. The van der Waals surface area contributed by atoms with Gasteiger partial charge in [0.15, 0.2) is 0 Å². The number of anilines is 1. The molecule has 51 heavy (non-hydrogen) atoms. The van der Waals surface area contributed by atoms with Gasteiger partial charge in [-0.25, -0.2) is 18.2 Å². The Kier molecular flexibility index (Phi) is 12.2. The van der Waals surface area contributed by atoms with Crippen LogP contribution in [0.15, 0.2) is 58.8 Å². The summed E-state index contributed by atoms with van der Waals surface area (Å²) in [6.45, 7) is 12.6. The van der Waals surface area contributed by atoms with E-state index in [1.54, 1.807) is 26.8 Å². The maximum atomic E-state index is 14.2. The largest absolute Gasteiger partial charge is 0.390 e. The first kappa shape index (κ1) is 38.4. The third-order valence-corrected chi connectivity index (χ3v) is 12.0. The second-order valence-corrected chi connectivity index (χ2v) is 17.2. The summed E-state index contributed by atoms with van der Waals surface area (Å²) < 4.78 is 29.7. The normalized spacial score (nSPS) is 16.7. The van der Waals surface area contributed by atoms with Crippen LogP contribution in [0.5, 0.6) is 0 Å². The van der Waals surface area contributed by atoms with Gasteiger partial charge in [-0.3, -0.25) is 9.59 Å². The van der Waals surface area contributed by atoms with E-state index in [9.17, 15) is 27.9 Å². The molecular formula is C37H50N6O6S2. The molecule has 0 saturated carbocycles. The predicted molar refractivity (Wildman–Crippen MR) is 198 cm³/mol. The van der Waals surface area contributed by atoms with E-state index in [1.807, 2.05) is 70.3 Å². The van der Waals surface area contributed by atoms with Gasteiger partial charge >= 0.3 is 6.03 Å². The number of sulfonamides is 1. The molecule has 1 aromatic heterocycles. The van der Waals surface area contributed by atoms with Crippen molar-refractivity contribution in [3.05, 3.63) is 75.7 Å². The molecule has 3 atom stereocenters. The first-order chi connectivity index (χ1) is 24.1. The zero-order valence-corrected chi connectivity index (χ0v) is 31.9. The Morgan fingerprint density at radius 1 is 1.04 bits per heavy atom. The number of thiazole rings is 1. The number of urea groups is 1. The molecule has 2 aliphatic heterocycles. The van der Waals surface area contributed by atoms with E-state index < -0.39 is 34.1 Å². The standard InChI is InChI=1S/C37H50N6O6S2/c1-24(2)20-41(51(48,49)31-12-13-33-29(19-31)14-15-42(33)27(6)44)22-34(45)32(18-28-10-8-7-9-11-28)39-36(46)35(25(3)4)43-17-16-40(37(43)47)21-30-23-50-26(5)38-30/h7-13,19,23-25,32,34-35,45H,14-18,20-22H2,1-6H3,(H,39,46)/t32-,34-,35-/m0/s1. The van der Waals surface area contributed by atoms with Crippen LogP contribution in [0.2, 0.25) is 0 Å². The summed E-state index contributed by atoms with van der Waals surface area (Å²) >= 11 is 1.52. The molecule has 1 saturated heterocycles. The molecule has 3 aromatic rings. The minimum absolute atomic E-state index is 0.0561. The second-order valence-electron chi connectivity index (χ2n) is 14.2. The first-order valence-corrected chi connectivity index (χ1v) is 19.9. The molecule has 2 N–H and O–H groups in total. The molecule has 0 unspecified atom stereocenters. The average molecular weight is 739 g/mol. The maximum absolute atomic E-state index is 14.2. The number of nitrogens with zero attached hydrogens (tertiary/aromatic N) is 5. The zero-order chi connectivity index (χ0) is 37.0. The monoisotopic (exact) mass is 738 g/mol. The Labute approximate surface area is 305 Å². The van der Waals surface area contributed by atoms with E-state index in [1.165, 1.54) is 28.6 Å². The molecule has 0 bridgehead atoms. The summed E-state index contributed by atoms with van der Waals surface area (Å²) in [4.78, 5) is 49.3. The van der Waals surface area contributed by atoms with E-state index >= 15 is 0 Å². The molecule has 1 fully saturated rings. The minimum Gasteiger partial charge on any atom is -0.390 e. The Bertz CT molecular complexity index is 1810. The van der Waals surface area contributed by atoms with Gasteiger partial charge in [0.05, 0.1) is 34.3 Å². The van der Waals surface area contributed by atoms with Crippen molar-refractivity contribution in [1.82, 2.24) is 24.4 Å². The lowest BCUT2D eigenvalue weighted by Crippen LogP contribution is -2.57. The smallest absolute Gasteiger partial charge is 0.321 e. The summed E-state index contributed by atoms with van der Waals surface area (Å²) in [5.41, 5.74) is 3.15. The molecule has 0 aliphatic carbocycles. The predicted octanol–water partition coefficient (Wildman–Crippen LogP) is 4.06. The van der Waals surface area contributed by atoms with E-state index in [0.29, 0.717) is 38.3 Å². The lowest BCUT2D eigenvalue weighted by atomic mass is 9.97. The van der Waals surface area contributed by atoms with Crippen LogP contribution in [0.3, 0.4) is 0 Å². The SMILES string of the molecule is CC(=O)N1CCc2cc(S(=O)(=O)N(CC(C)C)C[C@H](O)[C@H](Cc3ccccc3)NC(=O)[C@H](C(C)C)N3CCN(Cc4csc(C)n4)C3=O)ccc21. The molecule has 2 aliphatic rings. The van der Waals surface area contributed by atoms with Gasteiger partial charge in [-0.2, -0.15) is 4.31 Å². The van der Waals surface area contributed by atoms with Crippen LogP contribution in [0.4, 0.5) is 10.5 Å².